The summed E-state index contributed by atoms with van der Waals surface area (Å²) in [5, 5.41) is 4.12. The van der Waals surface area contributed by atoms with Gasteiger partial charge in [0.25, 0.3) is 11.8 Å². The Morgan fingerprint density at radius 2 is 0.775 bits per heavy atom. The molecule has 2 amide bonds. The van der Waals surface area contributed by atoms with Crippen molar-refractivity contribution in [2.45, 2.75) is 0 Å². The van der Waals surface area contributed by atoms with E-state index in [9.17, 15) is 9.59 Å². The normalized spacial score (nSPS) is 10.9. The first kappa shape index (κ1) is 25.1. The summed E-state index contributed by atoms with van der Waals surface area (Å²) in [5.41, 5.74) is 4.57. The number of carbonyl (C=O) groups is 2. The maximum Gasteiger partial charge on any atom is 0.258 e. The average molecular weight is 521 g/mol. The lowest BCUT2D eigenvalue weighted by atomic mass is 9.90. The highest BCUT2D eigenvalue weighted by Crippen LogP contribution is 2.46. The van der Waals surface area contributed by atoms with E-state index in [2.05, 4.69) is 24.3 Å². The first-order valence-corrected chi connectivity index (χ1v) is 13.2. The van der Waals surface area contributed by atoms with Gasteiger partial charge in [0.15, 0.2) is 0 Å². The van der Waals surface area contributed by atoms with E-state index in [1.54, 1.807) is 9.80 Å². The topological polar surface area (TPSA) is 40.6 Å². The van der Waals surface area contributed by atoms with Crippen LogP contribution in [0.4, 0.5) is 11.4 Å². The van der Waals surface area contributed by atoms with Crippen LogP contribution in [0.5, 0.6) is 0 Å². The van der Waals surface area contributed by atoms with Crippen molar-refractivity contribution < 1.29 is 9.59 Å². The van der Waals surface area contributed by atoms with Crippen molar-refractivity contribution in [1.29, 1.82) is 0 Å². The Kier molecular flexibility index (Phi) is 6.59. The summed E-state index contributed by atoms with van der Waals surface area (Å²) in [6.07, 6.45) is 0. The van der Waals surface area contributed by atoms with E-state index in [-0.39, 0.29) is 11.8 Å². The van der Waals surface area contributed by atoms with Gasteiger partial charge >= 0.3 is 0 Å². The predicted molar refractivity (Wildman–Crippen MR) is 165 cm³/mol. The highest BCUT2D eigenvalue weighted by atomic mass is 16.2. The first-order valence-electron chi connectivity index (χ1n) is 13.2. The second kappa shape index (κ2) is 10.5. The smallest absolute Gasteiger partial charge is 0.258 e. The van der Waals surface area contributed by atoms with Gasteiger partial charge in [0.2, 0.25) is 0 Å². The Balaban J connectivity index is 1.65. The average Bonchev–Trinajstić information content (AvgIpc) is 3.03. The summed E-state index contributed by atoms with van der Waals surface area (Å²) in [7, 11) is 3.62. The van der Waals surface area contributed by atoms with Crippen LogP contribution in [0, 0.1) is 0 Å². The van der Waals surface area contributed by atoms with E-state index >= 15 is 0 Å². The Morgan fingerprint density at radius 1 is 0.425 bits per heavy atom. The van der Waals surface area contributed by atoms with Gasteiger partial charge in [-0.2, -0.15) is 0 Å². The van der Waals surface area contributed by atoms with Crippen LogP contribution in [-0.4, -0.2) is 25.9 Å². The van der Waals surface area contributed by atoms with Crippen molar-refractivity contribution in [2.75, 3.05) is 23.9 Å². The molecule has 0 radical (unpaired) electrons. The van der Waals surface area contributed by atoms with Crippen LogP contribution < -0.4 is 9.80 Å². The third-order valence-electron chi connectivity index (χ3n) is 7.44. The fraction of sp³-hybridized carbons (Fsp3) is 0.0556. The van der Waals surface area contributed by atoms with E-state index in [4.69, 9.17) is 0 Å². The summed E-state index contributed by atoms with van der Waals surface area (Å²) in [6.45, 7) is 0. The quantitative estimate of drug-likeness (QED) is 0.230. The van der Waals surface area contributed by atoms with Gasteiger partial charge in [0, 0.05) is 36.3 Å². The zero-order valence-corrected chi connectivity index (χ0v) is 22.4. The largest absolute Gasteiger partial charge is 0.311 e. The zero-order chi connectivity index (χ0) is 27.6. The third kappa shape index (κ3) is 4.40. The molecule has 0 N–H and O–H groups in total. The molecule has 4 nitrogen and oxygen atoms in total. The van der Waals surface area contributed by atoms with Gasteiger partial charge in [-0.1, -0.05) is 97.1 Å². The number of hydrogen-bond acceptors (Lipinski definition) is 2. The maximum absolute atomic E-state index is 13.7. The lowest BCUT2D eigenvalue weighted by Gasteiger charge is -2.27. The standard InChI is InChI=1S/C36H28N2O2/c1-37(35(39)27-15-5-3-6-16-27)31-23-21-25-13-9-11-19-29(25)33(31)34-30-20-12-10-14-26(30)22-24-32(34)38(2)36(40)28-17-7-4-8-18-28/h3-24H,1-2H3. The van der Waals surface area contributed by atoms with Gasteiger partial charge < -0.3 is 9.80 Å². The number of rotatable bonds is 5. The molecule has 0 aromatic heterocycles. The molecular formula is C36H28N2O2. The molecule has 0 heterocycles. The molecule has 0 saturated carbocycles. The summed E-state index contributed by atoms with van der Waals surface area (Å²) in [5.74, 6) is -0.208. The third-order valence-corrected chi connectivity index (χ3v) is 7.44. The maximum atomic E-state index is 13.7. The van der Waals surface area contributed by atoms with E-state index in [0.717, 1.165) is 44.0 Å². The molecule has 40 heavy (non-hydrogen) atoms. The minimum Gasteiger partial charge on any atom is -0.311 e. The molecule has 0 aliphatic rings. The number of carbonyl (C=O) groups excluding carboxylic acids is 2. The molecule has 0 bridgehead atoms. The van der Waals surface area contributed by atoms with Gasteiger partial charge in [-0.05, 0) is 57.9 Å². The Morgan fingerprint density at radius 3 is 1.18 bits per heavy atom. The molecule has 0 spiro atoms. The van der Waals surface area contributed by atoms with Crippen molar-refractivity contribution in [2.24, 2.45) is 0 Å². The Labute approximate surface area is 233 Å². The number of anilines is 2. The van der Waals surface area contributed by atoms with Gasteiger partial charge in [0.05, 0.1) is 11.4 Å². The molecule has 0 aliphatic carbocycles. The van der Waals surface area contributed by atoms with Gasteiger partial charge in [-0.3, -0.25) is 9.59 Å². The van der Waals surface area contributed by atoms with E-state index < -0.39 is 0 Å². The lowest BCUT2D eigenvalue weighted by molar-refractivity contribution is 0.0985. The summed E-state index contributed by atoms with van der Waals surface area (Å²) < 4.78 is 0. The minimum atomic E-state index is -0.104. The molecule has 0 saturated heterocycles. The molecule has 6 rings (SSSR count). The molecule has 0 aliphatic heterocycles. The van der Waals surface area contributed by atoms with Crippen LogP contribution >= 0.6 is 0 Å². The van der Waals surface area contributed by atoms with Crippen LogP contribution in [-0.2, 0) is 0 Å². The van der Waals surface area contributed by atoms with Crippen LogP contribution in [0.25, 0.3) is 32.7 Å². The molecular weight excluding hydrogens is 492 g/mol. The van der Waals surface area contributed by atoms with Crippen LogP contribution in [0.15, 0.2) is 133 Å². The number of hydrogen-bond donors (Lipinski definition) is 0. The molecule has 6 aromatic rings. The number of benzene rings is 6. The Bertz CT molecular complexity index is 1720. The van der Waals surface area contributed by atoms with Crippen molar-refractivity contribution >= 4 is 44.7 Å². The highest BCUT2D eigenvalue weighted by molar-refractivity contribution is 6.19. The summed E-state index contributed by atoms with van der Waals surface area (Å²) in [4.78, 5) is 30.8. The van der Waals surface area contributed by atoms with E-state index in [1.165, 1.54) is 0 Å². The van der Waals surface area contributed by atoms with Crippen molar-refractivity contribution in [3.8, 4) is 11.1 Å². The minimum absolute atomic E-state index is 0.104. The summed E-state index contributed by atoms with van der Waals surface area (Å²) in [6, 6.07) is 43.1. The fourth-order valence-corrected chi connectivity index (χ4v) is 5.37. The predicted octanol–water partition coefficient (Wildman–Crippen LogP) is 8.21. The van der Waals surface area contributed by atoms with Crippen molar-refractivity contribution in [3.05, 3.63) is 145 Å². The van der Waals surface area contributed by atoms with Crippen molar-refractivity contribution in [3.63, 3.8) is 0 Å². The van der Waals surface area contributed by atoms with E-state index in [0.29, 0.717) is 11.1 Å². The number of amides is 2. The molecule has 6 aromatic carbocycles. The van der Waals surface area contributed by atoms with Gasteiger partial charge in [0.1, 0.15) is 0 Å². The molecule has 0 unspecified atom stereocenters. The second-order valence-corrected chi connectivity index (χ2v) is 9.82. The second-order valence-electron chi connectivity index (χ2n) is 9.82. The van der Waals surface area contributed by atoms with Gasteiger partial charge in [-0.15, -0.1) is 0 Å². The van der Waals surface area contributed by atoms with Crippen molar-refractivity contribution in [1.82, 2.24) is 0 Å². The monoisotopic (exact) mass is 520 g/mol. The molecule has 0 fully saturated rings. The fourth-order valence-electron chi connectivity index (χ4n) is 5.37. The number of fused-ring (bicyclic) bond motifs is 2. The highest BCUT2D eigenvalue weighted by Gasteiger charge is 2.25. The van der Waals surface area contributed by atoms with E-state index in [1.807, 2.05) is 123 Å². The Hall–Kier alpha value is -5.22. The molecule has 4 heteroatoms. The molecule has 0 atom stereocenters. The SMILES string of the molecule is CN(C(=O)c1ccccc1)c1ccc2ccccc2c1-c1c(N(C)C(=O)c2ccccc2)ccc2ccccc12. The van der Waals surface area contributed by atoms with Crippen LogP contribution in [0.3, 0.4) is 0 Å². The van der Waals surface area contributed by atoms with Crippen LogP contribution in [0.2, 0.25) is 0 Å². The van der Waals surface area contributed by atoms with Crippen LogP contribution in [0.1, 0.15) is 20.7 Å². The number of nitrogens with zero attached hydrogens (tertiary/aromatic N) is 2. The lowest BCUT2D eigenvalue weighted by Crippen LogP contribution is -2.28. The summed E-state index contributed by atoms with van der Waals surface area (Å²) >= 11 is 0. The first-order chi connectivity index (χ1) is 19.5. The molecule has 194 valence electrons. The zero-order valence-electron chi connectivity index (χ0n) is 22.4. The van der Waals surface area contributed by atoms with Gasteiger partial charge in [-0.25, -0.2) is 0 Å².